The van der Waals surface area contributed by atoms with Crippen LogP contribution < -0.4 is 5.32 Å². The highest BCUT2D eigenvalue weighted by molar-refractivity contribution is 6.42. The second-order valence-corrected chi connectivity index (χ2v) is 6.05. The summed E-state index contributed by atoms with van der Waals surface area (Å²) in [5, 5.41) is 12.2. The van der Waals surface area contributed by atoms with Crippen molar-refractivity contribution in [1.82, 2.24) is 5.32 Å². The number of nitrogens with one attached hydrogen (secondary N) is 1. The lowest BCUT2D eigenvalue weighted by atomic mass is 9.86. The first-order valence-electron chi connectivity index (χ1n) is 5.61. The quantitative estimate of drug-likeness (QED) is 0.901. The van der Waals surface area contributed by atoms with Gasteiger partial charge in [-0.15, -0.1) is 0 Å². The van der Waals surface area contributed by atoms with Gasteiger partial charge in [-0.2, -0.15) is 0 Å². The van der Waals surface area contributed by atoms with Crippen LogP contribution in [-0.4, -0.2) is 23.0 Å². The van der Waals surface area contributed by atoms with Gasteiger partial charge < -0.3 is 10.4 Å². The van der Waals surface area contributed by atoms with Crippen LogP contribution in [0.4, 0.5) is 0 Å². The average molecular weight is 304 g/mol. The summed E-state index contributed by atoms with van der Waals surface area (Å²) in [4.78, 5) is 23.2. The number of hydrogen-bond donors (Lipinski definition) is 2. The molecular formula is C13H15Cl2NO3. The molecule has 0 spiro atoms. The fourth-order valence-electron chi connectivity index (χ4n) is 1.50. The number of rotatable bonds is 3. The van der Waals surface area contributed by atoms with Gasteiger partial charge in [-0.3, -0.25) is 4.79 Å². The second-order valence-electron chi connectivity index (χ2n) is 5.24. The van der Waals surface area contributed by atoms with Crippen molar-refractivity contribution < 1.29 is 14.7 Å². The highest BCUT2D eigenvalue weighted by Crippen LogP contribution is 2.24. The van der Waals surface area contributed by atoms with E-state index in [0.717, 1.165) is 0 Å². The molecule has 0 aliphatic heterocycles. The first kappa shape index (κ1) is 15.8. The summed E-state index contributed by atoms with van der Waals surface area (Å²) in [7, 11) is 0. The summed E-state index contributed by atoms with van der Waals surface area (Å²) in [5.74, 6) is -1.58. The SMILES string of the molecule is CC(C)(C)[C@H](NC(=O)c1ccc(Cl)c(Cl)c1)C(=O)O. The summed E-state index contributed by atoms with van der Waals surface area (Å²) in [6.45, 7) is 5.21. The molecule has 0 radical (unpaired) electrons. The summed E-state index contributed by atoms with van der Waals surface area (Å²) < 4.78 is 0. The van der Waals surface area contributed by atoms with Crippen molar-refractivity contribution in [2.24, 2.45) is 5.41 Å². The Hall–Kier alpha value is -1.26. The number of carboxylic acids is 1. The number of benzene rings is 1. The topological polar surface area (TPSA) is 66.4 Å². The van der Waals surface area contributed by atoms with Crippen molar-refractivity contribution in [1.29, 1.82) is 0 Å². The van der Waals surface area contributed by atoms with Gasteiger partial charge in [0.2, 0.25) is 0 Å². The third-order valence-corrected chi connectivity index (χ3v) is 3.31. The van der Waals surface area contributed by atoms with Gasteiger partial charge in [0.15, 0.2) is 0 Å². The molecule has 0 aromatic heterocycles. The molecule has 0 heterocycles. The van der Waals surface area contributed by atoms with Crippen molar-refractivity contribution in [3.05, 3.63) is 33.8 Å². The maximum absolute atomic E-state index is 12.0. The Kier molecular flexibility index (Phi) is 4.82. The molecule has 6 heteroatoms. The zero-order chi connectivity index (χ0) is 14.8. The van der Waals surface area contributed by atoms with Crippen LogP contribution in [0.25, 0.3) is 0 Å². The molecule has 104 valence electrons. The van der Waals surface area contributed by atoms with E-state index in [2.05, 4.69) is 5.32 Å². The Morgan fingerprint density at radius 3 is 2.21 bits per heavy atom. The molecule has 0 unspecified atom stereocenters. The normalized spacial score (nSPS) is 12.9. The molecular weight excluding hydrogens is 289 g/mol. The van der Waals surface area contributed by atoms with E-state index in [-0.39, 0.29) is 10.6 Å². The van der Waals surface area contributed by atoms with Gasteiger partial charge in [0.05, 0.1) is 10.0 Å². The zero-order valence-electron chi connectivity index (χ0n) is 10.8. The van der Waals surface area contributed by atoms with E-state index < -0.39 is 23.3 Å². The molecule has 0 fully saturated rings. The molecule has 1 atom stereocenters. The number of amides is 1. The van der Waals surface area contributed by atoms with Gasteiger partial charge in [-0.25, -0.2) is 4.79 Å². The number of carbonyl (C=O) groups is 2. The van der Waals surface area contributed by atoms with Crippen molar-refractivity contribution in [3.8, 4) is 0 Å². The summed E-state index contributed by atoms with van der Waals surface area (Å²) in [6, 6.07) is 3.40. The van der Waals surface area contributed by atoms with Gasteiger partial charge in [-0.1, -0.05) is 44.0 Å². The predicted molar refractivity (Wildman–Crippen MR) is 74.8 cm³/mol. The number of aliphatic carboxylic acids is 1. The van der Waals surface area contributed by atoms with Gasteiger partial charge in [0.25, 0.3) is 5.91 Å². The Morgan fingerprint density at radius 2 is 1.79 bits per heavy atom. The van der Waals surface area contributed by atoms with E-state index in [1.165, 1.54) is 18.2 Å². The molecule has 1 aromatic carbocycles. The monoisotopic (exact) mass is 303 g/mol. The molecule has 0 saturated carbocycles. The standard InChI is InChI=1S/C13H15Cl2NO3/c1-13(2,3)10(12(18)19)16-11(17)7-4-5-8(14)9(15)6-7/h4-6,10H,1-3H3,(H,16,17)(H,18,19)/t10-/m1/s1. The molecule has 0 aliphatic carbocycles. The molecule has 2 N–H and O–H groups in total. The molecule has 0 aliphatic rings. The Balaban J connectivity index is 2.94. The first-order chi connectivity index (χ1) is 8.62. The van der Waals surface area contributed by atoms with Crippen molar-refractivity contribution in [2.45, 2.75) is 26.8 Å². The van der Waals surface area contributed by atoms with E-state index in [4.69, 9.17) is 28.3 Å². The third-order valence-electron chi connectivity index (χ3n) is 2.57. The molecule has 1 amide bonds. The van der Waals surface area contributed by atoms with Crippen LogP contribution in [-0.2, 0) is 4.79 Å². The molecule has 0 saturated heterocycles. The van der Waals surface area contributed by atoms with E-state index >= 15 is 0 Å². The summed E-state index contributed by atoms with van der Waals surface area (Å²) in [5.41, 5.74) is -0.331. The van der Waals surface area contributed by atoms with Crippen LogP contribution in [0, 0.1) is 5.41 Å². The minimum atomic E-state index is -1.08. The van der Waals surface area contributed by atoms with Crippen LogP contribution in [0.3, 0.4) is 0 Å². The van der Waals surface area contributed by atoms with E-state index in [1.807, 2.05) is 0 Å². The molecule has 0 bridgehead atoms. The lowest BCUT2D eigenvalue weighted by molar-refractivity contribution is -0.142. The average Bonchev–Trinajstić information content (AvgIpc) is 2.27. The molecule has 1 aromatic rings. The van der Waals surface area contributed by atoms with E-state index in [0.29, 0.717) is 5.02 Å². The van der Waals surface area contributed by atoms with Gasteiger partial charge in [0.1, 0.15) is 6.04 Å². The zero-order valence-corrected chi connectivity index (χ0v) is 12.3. The van der Waals surface area contributed by atoms with Crippen molar-refractivity contribution in [2.75, 3.05) is 0 Å². The lowest BCUT2D eigenvalue weighted by Crippen LogP contribution is -2.49. The molecule has 19 heavy (non-hydrogen) atoms. The van der Waals surface area contributed by atoms with Crippen molar-refractivity contribution in [3.63, 3.8) is 0 Å². The summed E-state index contributed by atoms with van der Waals surface area (Å²) in [6.07, 6.45) is 0. The first-order valence-corrected chi connectivity index (χ1v) is 6.37. The van der Waals surface area contributed by atoms with Crippen LogP contribution in [0.15, 0.2) is 18.2 Å². The second kappa shape index (κ2) is 5.80. The van der Waals surface area contributed by atoms with Gasteiger partial charge in [-0.05, 0) is 23.6 Å². The van der Waals surface area contributed by atoms with Crippen LogP contribution in [0.5, 0.6) is 0 Å². The number of hydrogen-bond acceptors (Lipinski definition) is 2. The summed E-state index contributed by atoms with van der Waals surface area (Å²) >= 11 is 11.6. The Bertz CT molecular complexity index is 509. The highest BCUT2D eigenvalue weighted by atomic mass is 35.5. The van der Waals surface area contributed by atoms with Crippen LogP contribution in [0.1, 0.15) is 31.1 Å². The van der Waals surface area contributed by atoms with Crippen LogP contribution in [0.2, 0.25) is 10.0 Å². The Labute approximate surface area is 121 Å². The lowest BCUT2D eigenvalue weighted by Gasteiger charge is -2.27. The fraction of sp³-hybridized carbons (Fsp3) is 0.385. The Morgan fingerprint density at radius 1 is 1.21 bits per heavy atom. The molecule has 4 nitrogen and oxygen atoms in total. The van der Waals surface area contributed by atoms with Crippen LogP contribution >= 0.6 is 23.2 Å². The highest BCUT2D eigenvalue weighted by Gasteiger charge is 2.32. The maximum Gasteiger partial charge on any atom is 0.326 e. The fourth-order valence-corrected chi connectivity index (χ4v) is 1.80. The third kappa shape index (κ3) is 4.11. The minimum Gasteiger partial charge on any atom is -0.480 e. The largest absolute Gasteiger partial charge is 0.480 e. The minimum absolute atomic E-state index is 0.247. The van der Waals surface area contributed by atoms with E-state index in [9.17, 15) is 9.59 Å². The molecule has 1 rings (SSSR count). The van der Waals surface area contributed by atoms with Gasteiger partial charge >= 0.3 is 5.97 Å². The smallest absolute Gasteiger partial charge is 0.326 e. The van der Waals surface area contributed by atoms with Gasteiger partial charge in [0, 0.05) is 5.56 Å². The predicted octanol–water partition coefficient (Wildman–Crippen LogP) is 3.22. The maximum atomic E-state index is 12.0. The van der Waals surface area contributed by atoms with E-state index in [1.54, 1.807) is 20.8 Å². The number of carbonyl (C=O) groups excluding carboxylic acids is 1. The number of carboxylic acid groups (broad SMARTS) is 1. The van der Waals surface area contributed by atoms with Crippen molar-refractivity contribution >= 4 is 35.1 Å². The number of halogens is 2.